The van der Waals surface area contributed by atoms with Gasteiger partial charge in [-0.25, -0.2) is 0 Å². The van der Waals surface area contributed by atoms with Gasteiger partial charge in [0.1, 0.15) is 0 Å². The van der Waals surface area contributed by atoms with Crippen molar-refractivity contribution in [3.8, 4) is 0 Å². The summed E-state index contributed by atoms with van der Waals surface area (Å²) in [6.07, 6.45) is 5.30. The molecule has 1 aliphatic rings. The summed E-state index contributed by atoms with van der Waals surface area (Å²) in [4.78, 5) is 4.94. The molecule has 3 heteroatoms. The molecule has 17 heavy (non-hydrogen) atoms. The molecule has 0 aromatic rings. The van der Waals surface area contributed by atoms with E-state index in [4.69, 9.17) is 0 Å². The van der Waals surface area contributed by atoms with Crippen molar-refractivity contribution < 1.29 is 0 Å². The second kappa shape index (κ2) is 8.06. The number of rotatable bonds is 10. The van der Waals surface area contributed by atoms with Crippen LogP contribution in [0.15, 0.2) is 0 Å². The third kappa shape index (κ3) is 6.39. The minimum atomic E-state index is 0.718. The predicted molar refractivity (Wildman–Crippen MR) is 75.5 cm³/mol. The summed E-state index contributed by atoms with van der Waals surface area (Å²) in [6, 6.07) is 1.55. The van der Waals surface area contributed by atoms with E-state index in [1.807, 2.05) is 0 Å². The highest BCUT2D eigenvalue weighted by Gasteiger charge is 2.23. The van der Waals surface area contributed by atoms with Gasteiger partial charge in [-0.1, -0.05) is 13.8 Å². The zero-order valence-electron chi connectivity index (χ0n) is 12.2. The molecular weight excluding hydrogens is 210 g/mol. The number of nitrogens with zero attached hydrogens (tertiary/aromatic N) is 2. The topological polar surface area (TPSA) is 18.5 Å². The Balaban J connectivity index is 2.32. The number of hydrogen-bond donors (Lipinski definition) is 1. The minimum absolute atomic E-state index is 0.718. The van der Waals surface area contributed by atoms with E-state index >= 15 is 0 Å². The van der Waals surface area contributed by atoms with Crippen molar-refractivity contribution >= 4 is 0 Å². The molecule has 0 aromatic heterocycles. The lowest BCUT2D eigenvalue weighted by atomic mass is 10.1. The fourth-order valence-electron chi connectivity index (χ4n) is 2.21. The van der Waals surface area contributed by atoms with E-state index < -0.39 is 0 Å². The first-order valence-corrected chi connectivity index (χ1v) is 7.29. The summed E-state index contributed by atoms with van der Waals surface area (Å²) in [6.45, 7) is 9.38. The van der Waals surface area contributed by atoms with Crippen LogP contribution < -0.4 is 5.32 Å². The quantitative estimate of drug-likeness (QED) is 0.629. The van der Waals surface area contributed by atoms with Crippen molar-refractivity contribution in [3.63, 3.8) is 0 Å². The van der Waals surface area contributed by atoms with Gasteiger partial charge in [0, 0.05) is 31.7 Å². The van der Waals surface area contributed by atoms with Crippen molar-refractivity contribution in [2.45, 2.75) is 51.6 Å². The second-order valence-corrected chi connectivity index (χ2v) is 5.58. The van der Waals surface area contributed by atoms with Gasteiger partial charge in [0.15, 0.2) is 0 Å². The van der Waals surface area contributed by atoms with E-state index in [0.29, 0.717) is 0 Å². The summed E-state index contributed by atoms with van der Waals surface area (Å²) in [5.41, 5.74) is 0. The monoisotopic (exact) mass is 241 g/mol. The third-order valence-electron chi connectivity index (χ3n) is 3.55. The van der Waals surface area contributed by atoms with Gasteiger partial charge in [0.2, 0.25) is 0 Å². The van der Waals surface area contributed by atoms with Gasteiger partial charge < -0.3 is 10.2 Å². The van der Waals surface area contributed by atoms with Crippen molar-refractivity contribution in [1.29, 1.82) is 0 Å². The Kier molecular flexibility index (Phi) is 7.09. The number of likely N-dealkylation sites (N-methyl/N-ethyl adjacent to an activating group) is 1. The van der Waals surface area contributed by atoms with Crippen molar-refractivity contribution in [2.75, 3.05) is 40.3 Å². The SMILES string of the molecule is CCCN(CCN(C)C)C(CC)CNC1CC1. The summed E-state index contributed by atoms with van der Waals surface area (Å²) >= 11 is 0. The van der Waals surface area contributed by atoms with Gasteiger partial charge in [0.05, 0.1) is 0 Å². The molecule has 102 valence electrons. The van der Waals surface area contributed by atoms with Gasteiger partial charge in [-0.2, -0.15) is 0 Å². The maximum atomic E-state index is 3.68. The lowest BCUT2D eigenvalue weighted by molar-refractivity contribution is 0.170. The molecular formula is C14H31N3. The fraction of sp³-hybridized carbons (Fsp3) is 1.00. The van der Waals surface area contributed by atoms with Crippen LogP contribution in [0.25, 0.3) is 0 Å². The lowest BCUT2D eigenvalue weighted by Crippen LogP contribution is -2.45. The molecule has 0 aromatic carbocycles. The van der Waals surface area contributed by atoms with Crippen LogP contribution in [-0.4, -0.2) is 62.2 Å². The van der Waals surface area contributed by atoms with E-state index in [2.05, 4.69) is 43.1 Å². The molecule has 1 fully saturated rings. The molecule has 0 amide bonds. The van der Waals surface area contributed by atoms with E-state index in [-0.39, 0.29) is 0 Å². The van der Waals surface area contributed by atoms with Crippen LogP contribution in [0.2, 0.25) is 0 Å². The molecule has 0 saturated heterocycles. The summed E-state index contributed by atoms with van der Waals surface area (Å²) in [5.74, 6) is 0. The average Bonchev–Trinajstić information content (AvgIpc) is 3.10. The first-order valence-electron chi connectivity index (χ1n) is 7.29. The van der Waals surface area contributed by atoms with Crippen molar-refractivity contribution in [3.05, 3.63) is 0 Å². The standard InChI is InChI=1S/C14H31N3/c1-5-9-17(11-10-16(3)4)14(6-2)12-15-13-7-8-13/h13-15H,5-12H2,1-4H3. The Bertz CT molecular complexity index is 190. The molecule has 1 saturated carbocycles. The minimum Gasteiger partial charge on any atom is -0.312 e. The smallest absolute Gasteiger partial charge is 0.0218 e. The van der Waals surface area contributed by atoms with Crippen LogP contribution >= 0.6 is 0 Å². The molecule has 1 aliphatic carbocycles. The normalized spacial score (nSPS) is 18.0. The molecule has 0 heterocycles. The first kappa shape index (κ1) is 14.9. The number of hydrogen-bond acceptors (Lipinski definition) is 3. The molecule has 3 nitrogen and oxygen atoms in total. The van der Waals surface area contributed by atoms with Crippen molar-refractivity contribution in [2.24, 2.45) is 0 Å². The van der Waals surface area contributed by atoms with Crippen LogP contribution in [0.5, 0.6) is 0 Å². The number of nitrogens with one attached hydrogen (secondary N) is 1. The fourth-order valence-corrected chi connectivity index (χ4v) is 2.21. The van der Waals surface area contributed by atoms with Gasteiger partial charge in [-0.05, 0) is 46.3 Å². The zero-order chi connectivity index (χ0) is 12.7. The summed E-state index contributed by atoms with van der Waals surface area (Å²) < 4.78 is 0. The molecule has 1 unspecified atom stereocenters. The van der Waals surface area contributed by atoms with Crippen molar-refractivity contribution in [1.82, 2.24) is 15.1 Å². The highest BCUT2D eigenvalue weighted by molar-refractivity contribution is 4.84. The molecule has 1 rings (SSSR count). The Morgan fingerprint density at radius 1 is 1.12 bits per heavy atom. The second-order valence-electron chi connectivity index (χ2n) is 5.58. The molecule has 0 spiro atoms. The van der Waals surface area contributed by atoms with Gasteiger partial charge in [-0.3, -0.25) is 4.90 Å². The Morgan fingerprint density at radius 2 is 1.82 bits per heavy atom. The Labute approximate surface area is 108 Å². The van der Waals surface area contributed by atoms with Crippen LogP contribution in [0.4, 0.5) is 0 Å². The highest BCUT2D eigenvalue weighted by Crippen LogP contribution is 2.19. The molecule has 1 atom stereocenters. The van der Waals surface area contributed by atoms with Crippen LogP contribution in [0.1, 0.15) is 39.5 Å². The van der Waals surface area contributed by atoms with Crippen LogP contribution in [0.3, 0.4) is 0 Å². The highest BCUT2D eigenvalue weighted by atomic mass is 15.2. The summed E-state index contributed by atoms with van der Waals surface area (Å²) in [7, 11) is 4.32. The predicted octanol–water partition coefficient (Wildman–Crippen LogP) is 1.79. The zero-order valence-corrected chi connectivity index (χ0v) is 12.2. The molecule has 0 aliphatic heterocycles. The lowest BCUT2D eigenvalue weighted by Gasteiger charge is -2.32. The van der Waals surface area contributed by atoms with E-state index in [9.17, 15) is 0 Å². The van der Waals surface area contributed by atoms with Crippen LogP contribution in [0, 0.1) is 0 Å². The van der Waals surface area contributed by atoms with E-state index in [1.54, 1.807) is 0 Å². The maximum absolute atomic E-state index is 3.68. The summed E-state index contributed by atoms with van der Waals surface area (Å²) in [5, 5.41) is 3.68. The molecule has 0 radical (unpaired) electrons. The van der Waals surface area contributed by atoms with E-state index in [1.165, 1.54) is 51.9 Å². The Morgan fingerprint density at radius 3 is 2.29 bits per heavy atom. The first-order chi connectivity index (χ1) is 8.17. The largest absolute Gasteiger partial charge is 0.312 e. The Hall–Kier alpha value is -0.120. The van der Waals surface area contributed by atoms with Gasteiger partial charge in [0.25, 0.3) is 0 Å². The van der Waals surface area contributed by atoms with Gasteiger partial charge in [-0.15, -0.1) is 0 Å². The maximum Gasteiger partial charge on any atom is 0.0218 e. The molecule has 0 bridgehead atoms. The third-order valence-corrected chi connectivity index (χ3v) is 3.55. The average molecular weight is 241 g/mol. The van der Waals surface area contributed by atoms with Gasteiger partial charge >= 0.3 is 0 Å². The molecule has 1 N–H and O–H groups in total. The van der Waals surface area contributed by atoms with E-state index in [0.717, 1.165) is 12.1 Å². The van der Waals surface area contributed by atoms with Crippen LogP contribution in [-0.2, 0) is 0 Å².